The van der Waals surface area contributed by atoms with Crippen LogP contribution < -0.4 is 0 Å². The molecule has 0 unspecified atom stereocenters. The number of halogens is 16. The van der Waals surface area contributed by atoms with Crippen molar-refractivity contribution >= 4 is 5.78 Å². The molecule has 0 atom stereocenters. The van der Waals surface area contributed by atoms with Gasteiger partial charge in [-0.05, 0) is 0 Å². The van der Waals surface area contributed by atoms with Gasteiger partial charge in [0.1, 0.15) is 5.56 Å². The molecule has 0 bridgehead atoms. The highest BCUT2D eigenvalue weighted by molar-refractivity contribution is 6.11. The van der Waals surface area contributed by atoms with Crippen molar-refractivity contribution in [3.05, 3.63) is 139 Å². The molecule has 0 heterocycles. The summed E-state index contributed by atoms with van der Waals surface area (Å²) in [6, 6.07) is -1.70. The summed E-state index contributed by atoms with van der Waals surface area (Å²) >= 11 is 0. The lowest BCUT2D eigenvalue weighted by atomic mass is 9.79. The van der Waals surface area contributed by atoms with Crippen LogP contribution in [0.3, 0.4) is 0 Å². The Bertz CT molecular complexity index is 1720. The van der Waals surface area contributed by atoms with Gasteiger partial charge in [0.05, 0.1) is 5.56 Å². The average Bonchev–Trinajstić information content (AvgIpc) is 2.94. The van der Waals surface area contributed by atoms with Crippen LogP contribution in [0.2, 0.25) is 0 Å². The number of rotatable bonds is 5. The molecule has 0 aliphatic rings. The van der Waals surface area contributed by atoms with Crippen molar-refractivity contribution in [3.8, 4) is 0 Å². The van der Waals surface area contributed by atoms with Gasteiger partial charge >= 0.3 is 0 Å². The van der Waals surface area contributed by atoms with Crippen LogP contribution in [0, 0.1) is 93.1 Å². The normalized spacial score (nSPS) is 11.6. The highest BCUT2D eigenvalue weighted by Gasteiger charge is 2.43. The molecule has 0 radical (unpaired) electrons. The Balaban J connectivity index is 2.33. The van der Waals surface area contributed by atoms with E-state index in [1.54, 1.807) is 0 Å². The minimum absolute atomic E-state index is 0.534. The van der Waals surface area contributed by atoms with E-state index in [4.69, 9.17) is 0 Å². The molecule has 4 rings (SSSR count). The summed E-state index contributed by atoms with van der Waals surface area (Å²) in [5.41, 5.74) is -13.2. The third kappa shape index (κ3) is 4.75. The first-order valence-electron chi connectivity index (χ1n) is 10.8. The van der Waals surface area contributed by atoms with E-state index in [1.165, 1.54) is 0 Å². The van der Waals surface area contributed by atoms with E-state index in [9.17, 15) is 66.3 Å². The third-order valence-electron chi connectivity index (χ3n) is 6.03. The van der Waals surface area contributed by atoms with Gasteiger partial charge in [-0.2, -0.15) is 0 Å². The fourth-order valence-electron chi connectivity index (χ4n) is 4.16. The van der Waals surface area contributed by atoms with Crippen molar-refractivity contribution in [2.24, 2.45) is 0 Å². The van der Waals surface area contributed by atoms with Gasteiger partial charge < -0.3 is 0 Å². The zero-order valence-corrected chi connectivity index (χ0v) is 19.8. The highest BCUT2D eigenvalue weighted by atomic mass is 19.2. The first-order chi connectivity index (χ1) is 19.9. The van der Waals surface area contributed by atoms with Crippen LogP contribution in [-0.4, -0.2) is 5.78 Å². The van der Waals surface area contributed by atoms with Crippen LogP contribution in [0.1, 0.15) is 38.5 Å². The molecule has 0 saturated heterocycles. The molecule has 0 aliphatic heterocycles. The van der Waals surface area contributed by atoms with Crippen LogP contribution in [0.5, 0.6) is 0 Å². The summed E-state index contributed by atoms with van der Waals surface area (Å²) in [5.74, 6) is -51.1. The predicted molar refractivity (Wildman–Crippen MR) is 109 cm³/mol. The van der Waals surface area contributed by atoms with Gasteiger partial charge in [0.2, 0.25) is 5.78 Å². The predicted octanol–water partition coefficient (Wildman–Crippen LogP) is 8.32. The molecule has 0 N–H and O–H groups in total. The fourth-order valence-corrected chi connectivity index (χ4v) is 4.16. The molecule has 0 saturated carbocycles. The Morgan fingerprint density at radius 3 is 1.00 bits per heavy atom. The molecule has 0 aliphatic carbocycles. The quantitative estimate of drug-likeness (QED) is 0.0709. The van der Waals surface area contributed by atoms with Crippen LogP contribution in [0.4, 0.5) is 70.2 Å². The molecule has 0 fully saturated rings. The first-order valence-corrected chi connectivity index (χ1v) is 10.8. The Kier molecular flexibility index (Phi) is 7.97. The summed E-state index contributed by atoms with van der Waals surface area (Å²) in [7, 11) is 0. The summed E-state index contributed by atoms with van der Waals surface area (Å²) in [5, 5.41) is 0. The van der Waals surface area contributed by atoms with E-state index in [-0.39, 0.29) is 0 Å². The standard InChI is InChI=1S/C26H4F16O/c27-4-1-5(28)17(34)12(16(4)33)10(13-18(35)6(29)2-7(30)19(13)36)11-14(23(40)25(42)24(41)22(11)39)26(43)15-20(37)8(31)3-9(32)21(15)38/h1-3,10H. The van der Waals surface area contributed by atoms with Gasteiger partial charge in [-0.15, -0.1) is 0 Å². The summed E-state index contributed by atoms with van der Waals surface area (Å²) in [4.78, 5) is 13.0. The largest absolute Gasteiger partial charge is 0.288 e. The van der Waals surface area contributed by atoms with Crippen LogP contribution in [-0.2, 0) is 0 Å². The molecule has 1 nitrogen and oxygen atoms in total. The number of ketones is 1. The molecule has 4 aromatic carbocycles. The molecule has 226 valence electrons. The minimum atomic E-state index is -3.98. The lowest BCUT2D eigenvalue weighted by molar-refractivity contribution is 0.102. The van der Waals surface area contributed by atoms with Crippen molar-refractivity contribution in [2.45, 2.75) is 5.92 Å². The van der Waals surface area contributed by atoms with Gasteiger partial charge in [-0.3, -0.25) is 4.79 Å². The topological polar surface area (TPSA) is 17.1 Å². The van der Waals surface area contributed by atoms with E-state index in [0.29, 0.717) is 0 Å². The highest BCUT2D eigenvalue weighted by Crippen LogP contribution is 2.44. The van der Waals surface area contributed by atoms with Crippen molar-refractivity contribution in [1.29, 1.82) is 0 Å². The fraction of sp³-hybridized carbons (Fsp3) is 0.0385. The van der Waals surface area contributed by atoms with E-state index in [0.717, 1.165) is 0 Å². The average molecular weight is 636 g/mol. The SMILES string of the molecule is O=C(c1c(F)c(F)cc(F)c1F)c1c(F)c(F)c(F)c(F)c1C(c1c(F)c(F)cc(F)c1F)c1c(F)c(F)cc(F)c1F. The number of hydrogen-bond acceptors (Lipinski definition) is 1. The first kappa shape index (κ1) is 31.4. The van der Waals surface area contributed by atoms with Gasteiger partial charge in [-0.1, -0.05) is 0 Å². The van der Waals surface area contributed by atoms with Crippen molar-refractivity contribution < 1.29 is 75.0 Å². The molecule has 0 amide bonds. The Labute approximate surface area is 226 Å². The summed E-state index contributed by atoms with van der Waals surface area (Å²) < 4.78 is 232. The monoisotopic (exact) mass is 636 g/mol. The Morgan fingerprint density at radius 1 is 0.349 bits per heavy atom. The molecule has 0 spiro atoms. The Morgan fingerprint density at radius 2 is 0.651 bits per heavy atom. The van der Waals surface area contributed by atoms with Gasteiger partial charge in [0, 0.05) is 40.8 Å². The van der Waals surface area contributed by atoms with Crippen molar-refractivity contribution in [3.63, 3.8) is 0 Å². The maximum atomic E-state index is 15.4. The second-order valence-electron chi connectivity index (χ2n) is 8.41. The van der Waals surface area contributed by atoms with E-state index >= 15 is 8.78 Å². The van der Waals surface area contributed by atoms with Crippen molar-refractivity contribution in [1.82, 2.24) is 0 Å². The van der Waals surface area contributed by atoms with Crippen LogP contribution in [0.25, 0.3) is 0 Å². The van der Waals surface area contributed by atoms with E-state index in [2.05, 4.69) is 0 Å². The third-order valence-corrected chi connectivity index (χ3v) is 6.03. The number of carbonyl (C=O) groups is 1. The number of benzene rings is 4. The summed E-state index contributed by atoms with van der Waals surface area (Å²) in [6.07, 6.45) is 0. The van der Waals surface area contributed by atoms with Crippen molar-refractivity contribution in [2.75, 3.05) is 0 Å². The maximum absolute atomic E-state index is 15.4. The zero-order chi connectivity index (χ0) is 32.4. The molecule has 4 aromatic rings. The molecular formula is C26H4F16O. The van der Waals surface area contributed by atoms with Gasteiger partial charge in [0.15, 0.2) is 93.1 Å². The van der Waals surface area contributed by atoms with Gasteiger partial charge in [0.25, 0.3) is 0 Å². The lowest BCUT2D eigenvalue weighted by Crippen LogP contribution is -2.24. The number of hydrogen-bond donors (Lipinski definition) is 0. The van der Waals surface area contributed by atoms with Gasteiger partial charge in [-0.25, -0.2) is 70.2 Å². The van der Waals surface area contributed by atoms with Crippen LogP contribution >= 0.6 is 0 Å². The van der Waals surface area contributed by atoms with E-state index < -0.39 is 151 Å². The maximum Gasteiger partial charge on any atom is 0.202 e. The number of carbonyl (C=O) groups excluding carboxylic acids is 1. The molecule has 43 heavy (non-hydrogen) atoms. The van der Waals surface area contributed by atoms with E-state index in [1.807, 2.05) is 0 Å². The lowest BCUT2D eigenvalue weighted by Gasteiger charge is -2.25. The second kappa shape index (κ2) is 10.9. The molecule has 17 heteroatoms. The van der Waals surface area contributed by atoms with Crippen LogP contribution in [0.15, 0.2) is 18.2 Å². The minimum Gasteiger partial charge on any atom is -0.288 e. The Hall–Kier alpha value is -4.57. The molecule has 0 aromatic heterocycles. The summed E-state index contributed by atoms with van der Waals surface area (Å²) in [6.45, 7) is 0. The smallest absolute Gasteiger partial charge is 0.202 e. The second-order valence-corrected chi connectivity index (χ2v) is 8.41. The zero-order valence-electron chi connectivity index (χ0n) is 19.8. The molecular weight excluding hydrogens is 632 g/mol.